The first kappa shape index (κ1) is 23.0. The molecule has 2 heterocycles. The van der Waals surface area contributed by atoms with E-state index in [1.807, 2.05) is 62.4 Å². The minimum Gasteiger partial charge on any atom is -0.453 e. The molecular formula is C28H18Cl4O3. The third-order valence-corrected chi connectivity index (χ3v) is 7.44. The summed E-state index contributed by atoms with van der Waals surface area (Å²) in [6.45, 7) is 3.99. The van der Waals surface area contributed by atoms with Gasteiger partial charge in [0.05, 0.1) is 21.2 Å². The lowest BCUT2D eigenvalue weighted by atomic mass is 9.86. The van der Waals surface area contributed by atoms with Crippen molar-refractivity contribution in [3.8, 4) is 11.5 Å². The summed E-state index contributed by atoms with van der Waals surface area (Å²) < 4.78 is 20.5. The number of halogens is 4. The van der Waals surface area contributed by atoms with Crippen molar-refractivity contribution < 1.29 is 14.2 Å². The van der Waals surface area contributed by atoms with Crippen LogP contribution >= 0.6 is 46.4 Å². The number of rotatable bonds is 2. The zero-order chi connectivity index (χ0) is 24.5. The highest BCUT2D eigenvalue weighted by Gasteiger charge is 2.61. The van der Waals surface area contributed by atoms with Crippen LogP contribution < -0.4 is 9.47 Å². The normalized spacial score (nSPS) is 22.0. The van der Waals surface area contributed by atoms with E-state index in [9.17, 15) is 0 Å². The highest BCUT2D eigenvalue weighted by molar-refractivity contribution is 6.35. The van der Waals surface area contributed by atoms with Crippen LogP contribution in [0.4, 0.5) is 0 Å². The van der Waals surface area contributed by atoms with Crippen LogP contribution in [0.25, 0.3) is 0 Å². The van der Waals surface area contributed by atoms with Crippen molar-refractivity contribution in [3.63, 3.8) is 0 Å². The predicted octanol–water partition coefficient (Wildman–Crippen LogP) is 8.82. The maximum atomic E-state index is 6.97. The van der Waals surface area contributed by atoms with Crippen molar-refractivity contribution in [3.05, 3.63) is 126 Å². The van der Waals surface area contributed by atoms with Gasteiger partial charge in [0.2, 0.25) is 0 Å². The molecule has 0 spiro atoms. The first-order valence-electron chi connectivity index (χ1n) is 10.9. The third-order valence-electron chi connectivity index (χ3n) is 6.35. The Morgan fingerprint density at radius 1 is 0.514 bits per heavy atom. The van der Waals surface area contributed by atoms with E-state index in [1.165, 1.54) is 0 Å². The second-order valence-electron chi connectivity index (χ2n) is 8.79. The summed E-state index contributed by atoms with van der Waals surface area (Å²) in [4.78, 5) is 0. The van der Waals surface area contributed by atoms with E-state index in [2.05, 4.69) is 0 Å². The topological polar surface area (TPSA) is 27.7 Å². The molecular weight excluding hydrogens is 526 g/mol. The summed E-state index contributed by atoms with van der Waals surface area (Å²) in [5.74, 6) is -1.70. The van der Waals surface area contributed by atoms with Crippen molar-refractivity contribution in [2.45, 2.75) is 25.4 Å². The molecule has 35 heavy (non-hydrogen) atoms. The summed E-state index contributed by atoms with van der Waals surface area (Å²) in [5.41, 5.74) is 4.59. The predicted molar refractivity (Wildman–Crippen MR) is 139 cm³/mol. The fourth-order valence-corrected chi connectivity index (χ4v) is 5.84. The Bertz CT molecular complexity index is 1410. The lowest BCUT2D eigenvalue weighted by molar-refractivity contribution is -0.322. The molecule has 2 atom stereocenters. The lowest BCUT2D eigenvalue weighted by Gasteiger charge is -2.52. The molecule has 0 radical (unpaired) electrons. The van der Waals surface area contributed by atoms with E-state index in [4.69, 9.17) is 60.6 Å². The summed E-state index contributed by atoms with van der Waals surface area (Å²) in [7, 11) is 0. The van der Waals surface area contributed by atoms with Gasteiger partial charge >= 0.3 is 0 Å². The first-order valence-corrected chi connectivity index (χ1v) is 12.4. The highest BCUT2D eigenvalue weighted by atomic mass is 35.5. The van der Waals surface area contributed by atoms with E-state index in [0.29, 0.717) is 53.8 Å². The summed E-state index contributed by atoms with van der Waals surface area (Å²) in [6.07, 6.45) is 0. The van der Waals surface area contributed by atoms with Crippen molar-refractivity contribution >= 4 is 46.4 Å². The van der Waals surface area contributed by atoms with Gasteiger partial charge in [0.1, 0.15) is 11.5 Å². The van der Waals surface area contributed by atoms with Gasteiger partial charge in [-0.25, -0.2) is 0 Å². The van der Waals surface area contributed by atoms with E-state index >= 15 is 0 Å². The van der Waals surface area contributed by atoms with Gasteiger partial charge in [-0.05, 0) is 74.5 Å². The summed E-state index contributed by atoms with van der Waals surface area (Å²) in [6, 6.07) is 22.2. The van der Waals surface area contributed by atoms with Crippen LogP contribution in [0.5, 0.6) is 11.5 Å². The van der Waals surface area contributed by atoms with Crippen LogP contribution in [0.3, 0.4) is 0 Å². The second-order valence-corrected chi connectivity index (χ2v) is 10.5. The monoisotopic (exact) mass is 542 g/mol. The van der Waals surface area contributed by atoms with E-state index in [-0.39, 0.29) is 0 Å². The molecule has 0 unspecified atom stereocenters. The second kappa shape index (κ2) is 8.06. The first-order chi connectivity index (χ1) is 16.7. The molecule has 0 fully saturated rings. The van der Waals surface area contributed by atoms with Crippen molar-refractivity contribution in [2.75, 3.05) is 0 Å². The van der Waals surface area contributed by atoms with Gasteiger partial charge in [0.15, 0.2) is 0 Å². The quantitative estimate of drug-likeness (QED) is 0.253. The minimum absolute atomic E-state index is 0.401. The van der Waals surface area contributed by atoms with Crippen LogP contribution in [-0.4, -0.2) is 0 Å². The van der Waals surface area contributed by atoms with E-state index < -0.39 is 11.6 Å². The van der Waals surface area contributed by atoms with Gasteiger partial charge in [0, 0.05) is 21.2 Å². The fraction of sp³-hybridized carbons (Fsp3) is 0.143. The number of aryl methyl sites for hydroxylation is 2. The van der Waals surface area contributed by atoms with Crippen LogP contribution in [0.1, 0.15) is 33.4 Å². The Kier molecular flexibility index (Phi) is 5.30. The molecule has 176 valence electrons. The Balaban J connectivity index is 1.75. The summed E-state index contributed by atoms with van der Waals surface area (Å²) in [5, 5.41) is 1.81. The molecule has 2 bridgehead atoms. The molecule has 0 N–H and O–H groups in total. The Hall–Kier alpha value is -2.40. The maximum Gasteiger partial charge on any atom is 0.273 e. The third kappa shape index (κ3) is 3.45. The van der Waals surface area contributed by atoms with Gasteiger partial charge in [-0.3, -0.25) is 4.74 Å². The SMILES string of the molecule is Cc1ccc2c(c1)[C@@]1(c3ccc(Cl)cc3Cl)Oc3ccc(C)cc3[C@](c3ccc(Cl)cc3Cl)(O2)O1. The molecule has 2 aliphatic rings. The highest BCUT2D eigenvalue weighted by Crippen LogP contribution is 2.60. The van der Waals surface area contributed by atoms with E-state index in [0.717, 1.165) is 11.1 Å². The van der Waals surface area contributed by atoms with Crippen molar-refractivity contribution in [1.82, 2.24) is 0 Å². The van der Waals surface area contributed by atoms with Crippen molar-refractivity contribution in [2.24, 2.45) is 0 Å². The average Bonchev–Trinajstić information content (AvgIpc) is 2.80. The van der Waals surface area contributed by atoms with Crippen LogP contribution in [0, 0.1) is 13.8 Å². The minimum atomic E-state index is -1.44. The Morgan fingerprint density at radius 3 is 1.34 bits per heavy atom. The van der Waals surface area contributed by atoms with Crippen LogP contribution in [0.2, 0.25) is 20.1 Å². The number of fused-ring (bicyclic) bond motifs is 6. The molecule has 0 saturated carbocycles. The van der Waals surface area contributed by atoms with Gasteiger partial charge in [-0.15, -0.1) is 0 Å². The van der Waals surface area contributed by atoms with Crippen LogP contribution in [0.15, 0.2) is 72.8 Å². The number of hydrogen-bond donors (Lipinski definition) is 0. The largest absolute Gasteiger partial charge is 0.453 e. The van der Waals surface area contributed by atoms with Gasteiger partial charge in [-0.2, -0.15) is 0 Å². The van der Waals surface area contributed by atoms with Crippen LogP contribution in [-0.2, 0) is 16.3 Å². The van der Waals surface area contributed by atoms with Gasteiger partial charge in [0.25, 0.3) is 11.6 Å². The van der Waals surface area contributed by atoms with E-state index in [1.54, 1.807) is 24.3 Å². The molecule has 0 saturated heterocycles. The van der Waals surface area contributed by atoms with Gasteiger partial charge < -0.3 is 9.47 Å². The lowest BCUT2D eigenvalue weighted by Crippen LogP contribution is -2.56. The fourth-order valence-electron chi connectivity index (χ4n) is 4.78. The standard InChI is InChI=1S/C28H18Cl4O3/c1-15-3-9-25-21(11-15)27(19-7-5-17(29)13-23(19)31)34-26-10-4-16(2)12-22(26)28(33-25,35-27)20-8-6-18(30)14-24(20)32/h3-14H,1-2H3/t27-,28+. The number of ether oxygens (including phenoxy) is 3. The number of hydrogen-bond acceptors (Lipinski definition) is 3. The molecule has 4 aromatic rings. The zero-order valence-corrected chi connectivity index (χ0v) is 21.7. The zero-order valence-electron chi connectivity index (χ0n) is 18.7. The van der Waals surface area contributed by atoms with Crippen molar-refractivity contribution in [1.29, 1.82) is 0 Å². The van der Waals surface area contributed by atoms with Gasteiger partial charge in [-0.1, -0.05) is 69.7 Å². The summed E-state index contributed by atoms with van der Waals surface area (Å²) >= 11 is 26.1. The molecule has 6 rings (SSSR count). The molecule has 3 nitrogen and oxygen atoms in total. The molecule has 4 aromatic carbocycles. The average molecular weight is 544 g/mol. The molecule has 7 heteroatoms. The maximum absolute atomic E-state index is 6.97. The number of benzene rings is 4. The smallest absolute Gasteiger partial charge is 0.273 e. The molecule has 0 amide bonds. The molecule has 0 aromatic heterocycles. The Morgan fingerprint density at radius 2 is 0.943 bits per heavy atom. The Labute approximate surface area is 223 Å². The molecule has 2 aliphatic heterocycles. The molecule has 0 aliphatic carbocycles.